The van der Waals surface area contributed by atoms with Crippen molar-refractivity contribution in [2.75, 3.05) is 18.9 Å². The standard InChI is InChI=1S/C14H21N3O3S/c1-3-11-9(2)16-14-17(13(11)20)7-10(8-21-14)12(19)15-5-4-6-18/h10,18H,3-8H2,1-2H3,(H,15,19). The van der Waals surface area contributed by atoms with Gasteiger partial charge in [-0.3, -0.25) is 14.2 Å². The van der Waals surface area contributed by atoms with E-state index in [1.165, 1.54) is 11.8 Å². The molecule has 0 aliphatic carbocycles. The summed E-state index contributed by atoms with van der Waals surface area (Å²) in [4.78, 5) is 29.0. The van der Waals surface area contributed by atoms with Crippen LogP contribution in [0.15, 0.2) is 9.95 Å². The Bertz CT molecular complexity index is 586. The van der Waals surface area contributed by atoms with Gasteiger partial charge in [-0.1, -0.05) is 18.7 Å². The van der Waals surface area contributed by atoms with Gasteiger partial charge in [0.25, 0.3) is 5.56 Å². The molecule has 1 unspecified atom stereocenters. The van der Waals surface area contributed by atoms with E-state index in [0.29, 0.717) is 36.8 Å². The Balaban J connectivity index is 2.16. The van der Waals surface area contributed by atoms with E-state index < -0.39 is 0 Å². The van der Waals surface area contributed by atoms with E-state index in [2.05, 4.69) is 10.3 Å². The largest absolute Gasteiger partial charge is 0.396 e. The Morgan fingerprint density at radius 2 is 2.33 bits per heavy atom. The summed E-state index contributed by atoms with van der Waals surface area (Å²) >= 11 is 1.45. The zero-order chi connectivity index (χ0) is 15.4. The van der Waals surface area contributed by atoms with E-state index in [-0.39, 0.29) is 24.0 Å². The number of aliphatic hydroxyl groups is 1. The summed E-state index contributed by atoms with van der Waals surface area (Å²) in [6.07, 6.45) is 1.19. The first-order chi connectivity index (χ1) is 10.1. The number of nitrogens with zero attached hydrogens (tertiary/aromatic N) is 2. The maximum Gasteiger partial charge on any atom is 0.257 e. The third-order valence-corrected chi connectivity index (χ3v) is 4.75. The summed E-state index contributed by atoms with van der Waals surface area (Å²) in [5.41, 5.74) is 1.48. The predicted molar refractivity (Wildman–Crippen MR) is 81.5 cm³/mol. The molecule has 0 spiro atoms. The minimum absolute atomic E-state index is 0.0274. The maximum absolute atomic E-state index is 12.4. The number of thioether (sulfide) groups is 1. The molecule has 0 saturated carbocycles. The Kier molecular flexibility index (Phi) is 5.41. The fraction of sp³-hybridized carbons (Fsp3) is 0.643. The highest BCUT2D eigenvalue weighted by atomic mass is 32.2. The van der Waals surface area contributed by atoms with Crippen molar-refractivity contribution in [2.45, 2.75) is 38.4 Å². The van der Waals surface area contributed by atoms with Crippen LogP contribution in [0.2, 0.25) is 0 Å². The predicted octanol–water partition coefficient (Wildman–Crippen LogP) is 0.335. The molecule has 7 heteroatoms. The molecule has 0 bridgehead atoms. The molecular formula is C14H21N3O3S. The van der Waals surface area contributed by atoms with Gasteiger partial charge < -0.3 is 10.4 Å². The summed E-state index contributed by atoms with van der Waals surface area (Å²) in [5.74, 6) is 0.336. The van der Waals surface area contributed by atoms with Crippen LogP contribution in [-0.2, 0) is 17.8 Å². The highest BCUT2D eigenvalue weighted by Crippen LogP contribution is 2.25. The van der Waals surface area contributed by atoms with Gasteiger partial charge in [0.05, 0.1) is 5.92 Å². The second kappa shape index (κ2) is 7.09. The van der Waals surface area contributed by atoms with Gasteiger partial charge in [0.15, 0.2) is 5.16 Å². The zero-order valence-corrected chi connectivity index (χ0v) is 13.2. The van der Waals surface area contributed by atoms with Crippen LogP contribution < -0.4 is 10.9 Å². The summed E-state index contributed by atoms with van der Waals surface area (Å²) in [7, 11) is 0. The van der Waals surface area contributed by atoms with Crippen molar-refractivity contribution in [2.24, 2.45) is 5.92 Å². The average Bonchev–Trinajstić information content (AvgIpc) is 2.47. The number of fused-ring (bicyclic) bond motifs is 1. The highest BCUT2D eigenvalue weighted by Gasteiger charge is 2.27. The lowest BCUT2D eigenvalue weighted by Crippen LogP contribution is -2.41. The van der Waals surface area contributed by atoms with Gasteiger partial charge in [-0.2, -0.15) is 0 Å². The van der Waals surface area contributed by atoms with Gasteiger partial charge in [-0.05, 0) is 19.8 Å². The lowest BCUT2D eigenvalue weighted by molar-refractivity contribution is -0.124. The SMILES string of the molecule is CCc1c(C)nc2n(c1=O)CC(C(=O)NCCCO)CS2. The third-order valence-electron chi connectivity index (χ3n) is 3.61. The molecule has 2 rings (SSSR count). The molecule has 1 atom stereocenters. The van der Waals surface area contributed by atoms with Crippen LogP contribution >= 0.6 is 11.8 Å². The van der Waals surface area contributed by atoms with E-state index >= 15 is 0 Å². The summed E-state index contributed by atoms with van der Waals surface area (Å²) in [5, 5.41) is 12.2. The molecule has 0 saturated heterocycles. The molecule has 2 N–H and O–H groups in total. The van der Waals surface area contributed by atoms with Crippen molar-refractivity contribution in [1.82, 2.24) is 14.9 Å². The van der Waals surface area contributed by atoms with Crippen molar-refractivity contribution >= 4 is 17.7 Å². The molecule has 116 valence electrons. The first-order valence-corrected chi connectivity index (χ1v) is 8.18. The number of rotatable bonds is 5. The quantitative estimate of drug-likeness (QED) is 0.605. The molecule has 2 heterocycles. The Morgan fingerprint density at radius 1 is 1.57 bits per heavy atom. The lowest BCUT2D eigenvalue weighted by Gasteiger charge is -2.25. The van der Waals surface area contributed by atoms with E-state index in [4.69, 9.17) is 5.11 Å². The topological polar surface area (TPSA) is 84.2 Å². The second-order valence-corrected chi connectivity index (χ2v) is 6.09. The van der Waals surface area contributed by atoms with Crippen molar-refractivity contribution < 1.29 is 9.90 Å². The average molecular weight is 311 g/mol. The van der Waals surface area contributed by atoms with Crippen molar-refractivity contribution in [3.05, 3.63) is 21.6 Å². The first kappa shape index (κ1) is 16.0. The van der Waals surface area contributed by atoms with Crippen molar-refractivity contribution in [3.8, 4) is 0 Å². The van der Waals surface area contributed by atoms with E-state index in [0.717, 1.165) is 11.3 Å². The molecule has 1 aliphatic rings. The summed E-state index contributed by atoms with van der Waals surface area (Å²) < 4.78 is 1.62. The monoisotopic (exact) mass is 311 g/mol. The van der Waals surface area contributed by atoms with Crippen LogP contribution in [0.25, 0.3) is 0 Å². The molecule has 1 aromatic heterocycles. The van der Waals surface area contributed by atoms with Crippen LogP contribution in [0, 0.1) is 12.8 Å². The molecule has 6 nitrogen and oxygen atoms in total. The molecule has 21 heavy (non-hydrogen) atoms. The van der Waals surface area contributed by atoms with Crippen LogP contribution in [0.3, 0.4) is 0 Å². The molecular weight excluding hydrogens is 290 g/mol. The molecule has 1 amide bonds. The number of aryl methyl sites for hydroxylation is 1. The van der Waals surface area contributed by atoms with Gasteiger partial charge in [0, 0.05) is 36.7 Å². The van der Waals surface area contributed by atoms with Gasteiger partial charge in [-0.25, -0.2) is 4.98 Å². The lowest BCUT2D eigenvalue weighted by atomic mass is 10.1. The van der Waals surface area contributed by atoms with Crippen LogP contribution in [-0.4, -0.2) is 39.5 Å². The van der Waals surface area contributed by atoms with Gasteiger partial charge >= 0.3 is 0 Å². The summed E-state index contributed by atoms with van der Waals surface area (Å²) in [6.45, 7) is 4.70. The number of nitrogens with one attached hydrogen (secondary N) is 1. The van der Waals surface area contributed by atoms with Gasteiger partial charge in [-0.15, -0.1) is 0 Å². The molecule has 0 radical (unpaired) electrons. The van der Waals surface area contributed by atoms with Crippen LogP contribution in [0.4, 0.5) is 0 Å². The third kappa shape index (κ3) is 3.47. The highest BCUT2D eigenvalue weighted by molar-refractivity contribution is 7.99. The number of aliphatic hydroxyl groups excluding tert-OH is 1. The van der Waals surface area contributed by atoms with Gasteiger partial charge in [0.2, 0.25) is 5.91 Å². The van der Waals surface area contributed by atoms with Gasteiger partial charge in [0.1, 0.15) is 0 Å². The van der Waals surface area contributed by atoms with E-state index in [9.17, 15) is 9.59 Å². The number of amides is 1. The molecule has 0 fully saturated rings. The van der Waals surface area contributed by atoms with Crippen molar-refractivity contribution in [3.63, 3.8) is 0 Å². The minimum Gasteiger partial charge on any atom is -0.396 e. The number of hydrogen-bond acceptors (Lipinski definition) is 5. The summed E-state index contributed by atoms with van der Waals surface area (Å²) in [6, 6.07) is 0. The minimum atomic E-state index is -0.229. The van der Waals surface area contributed by atoms with E-state index in [1.54, 1.807) is 4.57 Å². The number of hydrogen-bond donors (Lipinski definition) is 2. The molecule has 0 aromatic carbocycles. The number of carbonyl (C=O) groups excluding carboxylic acids is 1. The number of aromatic nitrogens is 2. The Hall–Kier alpha value is -1.34. The zero-order valence-electron chi connectivity index (χ0n) is 12.4. The Morgan fingerprint density at radius 3 is 3.00 bits per heavy atom. The second-order valence-electron chi connectivity index (χ2n) is 5.10. The van der Waals surface area contributed by atoms with Crippen LogP contribution in [0.5, 0.6) is 0 Å². The van der Waals surface area contributed by atoms with Crippen molar-refractivity contribution in [1.29, 1.82) is 0 Å². The van der Waals surface area contributed by atoms with E-state index in [1.807, 2.05) is 13.8 Å². The number of carbonyl (C=O) groups is 1. The fourth-order valence-corrected chi connectivity index (χ4v) is 3.52. The normalized spacial score (nSPS) is 17.4. The smallest absolute Gasteiger partial charge is 0.257 e. The first-order valence-electron chi connectivity index (χ1n) is 7.20. The maximum atomic E-state index is 12.4. The Labute approximate surface area is 128 Å². The van der Waals surface area contributed by atoms with Crippen LogP contribution in [0.1, 0.15) is 24.6 Å². The molecule has 1 aromatic rings. The fourth-order valence-electron chi connectivity index (χ4n) is 2.40. The molecule has 1 aliphatic heterocycles.